The number of methoxy groups -OCH3 is 1. The lowest BCUT2D eigenvalue weighted by molar-refractivity contribution is 0.415. The molecule has 32 heavy (non-hydrogen) atoms. The maximum Gasteiger partial charge on any atom is 0.150 e. The first-order valence-electron chi connectivity index (χ1n) is 10.2. The molecule has 0 bridgehead atoms. The van der Waals surface area contributed by atoms with Gasteiger partial charge in [0, 0.05) is 10.9 Å². The van der Waals surface area contributed by atoms with Crippen LogP contribution in [0.15, 0.2) is 84.2 Å². The molecule has 0 aliphatic rings. The Morgan fingerprint density at radius 3 is 2.34 bits per heavy atom. The van der Waals surface area contributed by atoms with E-state index in [4.69, 9.17) is 14.5 Å². The maximum atomic E-state index is 6.13. The van der Waals surface area contributed by atoms with Crippen molar-refractivity contribution < 1.29 is 9.47 Å². The first-order chi connectivity index (χ1) is 15.7. The molecule has 0 saturated carbocycles. The molecule has 0 fully saturated rings. The standard InChI is InChI=1S/C26H21N3O2S/c1-17-27-25(29-22-10-6-7-11-23(22)31-20-8-4-3-5-9-20)24-21(16-32-26(24)28-17)18-12-14-19(30-2)15-13-18/h3-16H,1-2H3,(H,27,28,29). The second kappa shape index (κ2) is 8.69. The van der Waals surface area contributed by atoms with Gasteiger partial charge in [-0.1, -0.05) is 42.5 Å². The Kier molecular flexibility index (Phi) is 5.44. The van der Waals surface area contributed by atoms with Crippen LogP contribution < -0.4 is 14.8 Å². The number of rotatable bonds is 6. The highest BCUT2D eigenvalue weighted by Crippen LogP contribution is 2.40. The summed E-state index contributed by atoms with van der Waals surface area (Å²) in [5.74, 6) is 3.79. The number of para-hydroxylation sites is 3. The first-order valence-corrected chi connectivity index (χ1v) is 11.1. The fraction of sp³-hybridized carbons (Fsp3) is 0.0769. The summed E-state index contributed by atoms with van der Waals surface area (Å²) >= 11 is 1.61. The highest BCUT2D eigenvalue weighted by Gasteiger charge is 2.16. The predicted octanol–water partition coefficient (Wildman–Crippen LogP) is 7.21. The van der Waals surface area contributed by atoms with Crippen LogP contribution in [0.5, 0.6) is 17.2 Å². The van der Waals surface area contributed by atoms with E-state index in [0.29, 0.717) is 5.82 Å². The Bertz CT molecular complexity index is 1370. The lowest BCUT2D eigenvalue weighted by Crippen LogP contribution is -2.00. The third kappa shape index (κ3) is 4.00. The molecule has 5 nitrogen and oxygen atoms in total. The highest BCUT2D eigenvalue weighted by molar-refractivity contribution is 7.17. The summed E-state index contributed by atoms with van der Waals surface area (Å²) in [4.78, 5) is 10.3. The Morgan fingerprint density at radius 1 is 0.812 bits per heavy atom. The number of hydrogen-bond donors (Lipinski definition) is 1. The number of nitrogens with zero attached hydrogens (tertiary/aromatic N) is 2. The number of aryl methyl sites for hydroxylation is 1. The molecule has 0 atom stereocenters. The number of hydrogen-bond acceptors (Lipinski definition) is 6. The Labute approximate surface area is 190 Å². The zero-order valence-corrected chi connectivity index (χ0v) is 18.5. The van der Waals surface area contributed by atoms with Crippen LogP contribution in [0.2, 0.25) is 0 Å². The second-order valence-electron chi connectivity index (χ2n) is 7.21. The van der Waals surface area contributed by atoms with E-state index in [2.05, 4.69) is 27.8 Å². The number of benzene rings is 3. The quantitative estimate of drug-likeness (QED) is 0.303. The molecule has 0 aliphatic heterocycles. The largest absolute Gasteiger partial charge is 0.497 e. The fourth-order valence-electron chi connectivity index (χ4n) is 3.52. The molecule has 0 aliphatic carbocycles. The zero-order valence-electron chi connectivity index (χ0n) is 17.7. The minimum absolute atomic E-state index is 0.713. The molecule has 3 aromatic carbocycles. The molecule has 1 N–H and O–H groups in total. The van der Waals surface area contributed by atoms with Gasteiger partial charge < -0.3 is 14.8 Å². The van der Waals surface area contributed by atoms with Crippen molar-refractivity contribution >= 4 is 33.1 Å². The lowest BCUT2D eigenvalue weighted by Gasteiger charge is -2.14. The average molecular weight is 440 g/mol. The number of fused-ring (bicyclic) bond motifs is 1. The van der Waals surface area contributed by atoms with Crippen LogP contribution >= 0.6 is 11.3 Å². The molecule has 0 amide bonds. The molecule has 0 radical (unpaired) electrons. The van der Waals surface area contributed by atoms with Crippen molar-refractivity contribution in [3.8, 4) is 28.4 Å². The van der Waals surface area contributed by atoms with E-state index in [-0.39, 0.29) is 0 Å². The Morgan fingerprint density at radius 2 is 1.56 bits per heavy atom. The lowest BCUT2D eigenvalue weighted by atomic mass is 10.1. The van der Waals surface area contributed by atoms with Gasteiger partial charge in [-0.15, -0.1) is 11.3 Å². The van der Waals surface area contributed by atoms with Crippen molar-refractivity contribution in [1.29, 1.82) is 0 Å². The van der Waals surface area contributed by atoms with Crippen LogP contribution in [-0.4, -0.2) is 17.1 Å². The molecule has 0 spiro atoms. The number of aromatic nitrogens is 2. The molecule has 0 saturated heterocycles. The molecular weight excluding hydrogens is 418 g/mol. The van der Waals surface area contributed by atoms with E-state index in [1.165, 1.54) is 0 Å². The van der Waals surface area contributed by atoms with Crippen LogP contribution in [0, 0.1) is 6.92 Å². The van der Waals surface area contributed by atoms with Gasteiger partial charge in [0.1, 0.15) is 28.0 Å². The third-order valence-electron chi connectivity index (χ3n) is 5.06. The molecule has 5 rings (SSSR count). The summed E-state index contributed by atoms with van der Waals surface area (Å²) < 4.78 is 11.4. The van der Waals surface area contributed by atoms with Crippen molar-refractivity contribution in [3.63, 3.8) is 0 Å². The average Bonchev–Trinajstić information content (AvgIpc) is 3.25. The minimum atomic E-state index is 0.713. The van der Waals surface area contributed by atoms with E-state index < -0.39 is 0 Å². The monoisotopic (exact) mass is 439 g/mol. The number of anilines is 2. The summed E-state index contributed by atoms with van der Waals surface area (Å²) in [6.07, 6.45) is 0. The fourth-order valence-corrected chi connectivity index (χ4v) is 4.52. The maximum absolute atomic E-state index is 6.13. The number of thiophene rings is 1. The van der Waals surface area contributed by atoms with E-state index in [1.54, 1.807) is 18.4 Å². The summed E-state index contributed by atoms with van der Waals surface area (Å²) in [5, 5.41) is 6.61. The van der Waals surface area contributed by atoms with Gasteiger partial charge in [-0.25, -0.2) is 9.97 Å². The normalized spacial score (nSPS) is 10.8. The third-order valence-corrected chi connectivity index (χ3v) is 5.93. The number of ether oxygens (including phenoxy) is 2. The van der Waals surface area contributed by atoms with Gasteiger partial charge in [0.2, 0.25) is 0 Å². The Hall–Kier alpha value is -3.90. The summed E-state index contributed by atoms with van der Waals surface area (Å²) in [6, 6.07) is 25.6. The summed E-state index contributed by atoms with van der Waals surface area (Å²) in [6.45, 7) is 1.91. The number of nitrogens with one attached hydrogen (secondary N) is 1. The molecule has 5 aromatic rings. The summed E-state index contributed by atoms with van der Waals surface area (Å²) in [5.41, 5.74) is 3.00. The van der Waals surface area contributed by atoms with Gasteiger partial charge in [-0.3, -0.25) is 0 Å². The molecule has 2 aromatic heterocycles. The van der Waals surface area contributed by atoms with E-state index in [0.717, 1.165) is 50.1 Å². The summed E-state index contributed by atoms with van der Waals surface area (Å²) in [7, 11) is 1.67. The van der Waals surface area contributed by atoms with Crippen LogP contribution in [0.4, 0.5) is 11.5 Å². The topological polar surface area (TPSA) is 56.3 Å². The molecule has 6 heteroatoms. The SMILES string of the molecule is COc1ccc(-c2csc3nc(C)nc(Nc4ccccc4Oc4ccccc4)c23)cc1. The van der Waals surface area contributed by atoms with Crippen molar-refractivity contribution in [2.45, 2.75) is 6.92 Å². The van der Waals surface area contributed by atoms with Gasteiger partial charge in [-0.2, -0.15) is 0 Å². The molecular formula is C26H21N3O2S. The minimum Gasteiger partial charge on any atom is -0.497 e. The van der Waals surface area contributed by atoms with Crippen molar-refractivity contribution in [1.82, 2.24) is 9.97 Å². The van der Waals surface area contributed by atoms with Crippen molar-refractivity contribution in [2.75, 3.05) is 12.4 Å². The second-order valence-corrected chi connectivity index (χ2v) is 8.07. The molecule has 2 heterocycles. The van der Waals surface area contributed by atoms with E-state index >= 15 is 0 Å². The van der Waals surface area contributed by atoms with Gasteiger partial charge >= 0.3 is 0 Å². The van der Waals surface area contributed by atoms with Crippen molar-refractivity contribution in [2.24, 2.45) is 0 Å². The zero-order chi connectivity index (χ0) is 21.9. The van der Waals surface area contributed by atoms with Gasteiger partial charge in [0.25, 0.3) is 0 Å². The van der Waals surface area contributed by atoms with E-state index in [9.17, 15) is 0 Å². The van der Waals surface area contributed by atoms with Gasteiger partial charge in [0.15, 0.2) is 5.75 Å². The van der Waals surface area contributed by atoms with Crippen molar-refractivity contribution in [3.05, 3.63) is 90.1 Å². The first kappa shape index (κ1) is 20.0. The molecule has 0 unspecified atom stereocenters. The highest BCUT2D eigenvalue weighted by atomic mass is 32.1. The van der Waals surface area contributed by atoms with Crippen LogP contribution in [0.3, 0.4) is 0 Å². The van der Waals surface area contributed by atoms with Crippen LogP contribution in [0.25, 0.3) is 21.3 Å². The smallest absolute Gasteiger partial charge is 0.150 e. The van der Waals surface area contributed by atoms with E-state index in [1.807, 2.05) is 73.7 Å². The van der Waals surface area contributed by atoms with Gasteiger partial charge in [-0.05, 0) is 48.9 Å². The van der Waals surface area contributed by atoms with Crippen LogP contribution in [-0.2, 0) is 0 Å². The molecule has 158 valence electrons. The van der Waals surface area contributed by atoms with Crippen LogP contribution in [0.1, 0.15) is 5.82 Å². The predicted molar refractivity (Wildman–Crippen MR) is 130 cm³/mol. The Balaban J connectivity index is 1.57. The van der Waals surface area contributed by atoms with Gasteiger partial charge in [0.05, 0.1) is 18.2 Å².